The van der Waals surface area contributed by atoms with Crippen LogP contribution in [0.1, 0.15) is 0 Å². The number of benzene rings is 1. The van der Waals surface area contributed by atoms with Crippen molar-refractivity contribution in [3.8, 4) is 11.4 Å². The Bertz CT molecular complexity index is 1250. The van der Waals surface area contributed by atoms with Gasteiger partial charge in [0.2, 0.25) is 5.95 Å². The molecule has 0 spiro atoms. The van der Waals surface area contributed by atoms with Crippen molar-refractivity contribution in [3.05, 3.63) is 45.1 Å². The van der Waals surface area contributed by atoms with Crippen molar-refractivity contribution in [1.29, 1.82) is 0 Å². The van der Waals surface area contributed by atoms with Crippen molar-refractivity contribution in [3.63, 3.8) is 0 Å². The van der Waals surface area contributed by atoms with E-state index < -0.39 is 23.8 Å². The Balaban J connectivity index is 2.09. The number of nitrogens with one attached hydrogen (secondary N) is 1. The number of aromatic nitrogens is 4. The molecule has 1 saturated heterocycles. The van der Waals surface area contributed by atoms with Gasteiger partial charge in [0, 0.05) is 33.2 Å². The molecule has 164 valence electrons. The zero-order valence-corrected chi connectivity index (χ0v) is 17.6. The lowest BCUT2D eigenvalue weighted by molar-refractivity contribution is -0.141. The van der Waals surface area contributed by atoms with Crippen molar-refractivity contribution in [2.45, 2.75) is 6.54 Å². The van der Waals surface area contributed by atoms with E-state index in [1.165, 1.54) is 18.7 Å². The summed E-state index contributed by atoms with van der Waals surface area (Å²) in [4.78, 5) is 44.9. The Morgan fingerprint density at radius 3 is 2.55 bits per heavy atom. The highest BCUT2D eigenvalue weighted by atomic mass is 16.5. The van der Waals surface area contributed by atoms with Gasteiger partial charge in [-0.1, -0.05) is 12.1 Å². The average molecular weight is 428 g/mol. The smallest absolute Gasteiger partial charge is 0.333 e. The summed E-state index contributed by atoms with van der Waals surface area (Å²) in [5.74, 6) is 0.388. The van der Waals surface area contributed by atoms with Crippen molar-refractivity contribution >= 4 is 23.1 Å². The van der Waals surface area contributed by atoms with E-state index >= 15 is 0 Å². The number of rotatable bonds is 5. The number of esters is 1. The van der Waals surface area contributed by atoms with Crippen LogP contribution < -0.4 is 26.2 Å². The third-order valence-electron chi connectivity index (χ3n) is 5.37. The van der Waals surface area contributed by atoms with E-state index in [2.05, 4.69) is 19.9 Å². The minimum atomic E-state index is -0.691. The van der Waals surface area contributed by atoms with Crippen LogP contribution in [0, 0.1) is 0 Å². The highest BCUT2D eigenvalue weighted by Gasteiger charge is 2.27. The summed E-state index contributed by atoms with van der Waals surface area (Å²) in [5, 5.41) is 3.29. The SMILES string of the molecule is COC(=O)Cn1c(=O)c2c(nc(N3CCNCC3)n2-c2ccccc2OC)n(C)c1=O. The second-order valence-corrected chi connectivity index (χ2v) is 7.14. The van der Waals surface area contributed by atoms with E-state index in [9.17, 15) is 14.4 Å². The molecule has 1 aliphatic heterocycles. The summed E-state index contributed by atoms with van der Waals surface area (Å²) in [6, 6.07) is 7.27. The van der Waals surface area contributed by atoms with Crippen LogP contribution >= 0.6 is 0 Å². The van der Waals surface area contributed by atoms with Crippen LogP contribution in [0.15, 0.2) is 33.9 Å². The fraction of sp³-hybridized carbons (Fsp3) is 0.400. The van der Waals surface area contributed by atoms with E-state index in [0.717, 1.165) is 17.7 Å². The predicted octanol–water partition coefficient (Wildman–Crippen LogP) is -0.523. The number of ether oxygens (including phenoxy) is 2. The maximum absolute atomic E-state index is 13.5. The lowest BCUT2D eigenvalue weighted by atomic mass is 10.2. The molecular formula is C20H24N6O5. The number of fused-ring (bicyclic) bond motifs is 1. The zero-order valence-electron chi connectivity index (χ0n) is 17.6. The first-order valence-corrected chi connectivity index (χ1v) is 9.86. The molecule has 0 aliphatic carbocycles. The first-order chi connectivity index (χ1) is 15.0. The fourth-order valence-corrected chi connectivity index (χ4v) is 3.76. The minimum absolute atomic E-state index is 0.184. The molecule has 0 saturated carbocycles. The van der Waals surface area contributed by atoms with Crippen LogP contribution in [0.3, 0.4) is 0 Å². The molecule has 31 heavy (non-hydrogen) atoms. The Morgan fingerprint density at radius 2 is 1.87 bits per heavy atom. The summed E-state index contributed by atoms with van der Waals surface area (Å²) in [5.41, 5.74) is -0.233. The molecule has 2 aromatic heterocycles. The molecule has 3 heterocycles. The quantitative estimate of drug-likeness (QED) is 0.540. The second-order valence-electron chi connectivity index (χ2n) is 7.14. The number of para-hydroxylation sites is 2. The van der Waals surface area contributed by atoms with Gasteiger partial charge in [-0.2, -0.15) is 4.98 Å². The average Bonchev–Trinajstić information content (AvgIpc) is 3.21. The molecule has 0 unspecified atom stereocenters. The van der Waals surface area contributed by atoms with Gasteiger partial charge in [0.05, 0.1) is 19.9 Å². The number of piperazine rings is 1. The number of aryl methyl sites for hydroxylation is 1. The maximum atomic E-state index is 13.5. The van der Waals surface area contributed by atoms with Crippen LogP contribution in [0.2, 0.25) is 0 Å². The van der Waals surface area contributed by atoms with Gasteiger partial charge in [-0.25, -0.2) is 9.36 Å². The summed E-state index contributed by atoms with van der Waals surface area (Å²) < 4.78 is 14.0. The summed E-state index contributed by atoms with van der Waals surface area (Å²) >= 11 is 0. The molecule has 11 heteroatoms. The van der Waals surface area contributed by atoms with Crippen LogP contribution in [0.25, 0.3) is 16.9 Å². The van der Waals surface area contributed by atoms with Crippen LogP contribution in [0.5, 0.6) is 5.75 Å². The van der Waals surface area contributed by atoms with E-state index in [4.69, 9.17) is 4.74 Å². The largest absolute Gasteiger partial charge is 0.495 e. The first kappa shape index (κ1) is 20.7. The molecule has 0 amide bonds. The molecule has 1 N–H and O–H groups in total. The van der Waals surface area contributed by atoms with E-state index in [1.54, 1.807) is 17.7 Å². The lowest BCUT2D eigenvalue weighted by Gasteiger charge is -2.29. The lowest BCUT2D eigenvalue weighted by Crippen LogP contribution is -2.44. The maximum Gasteiger partial charge on any atom is 0.333 e. The Morgan fingerprint density at radius 1 is 1.16 bits per heavy atom. The predicted molar refractivity (Wildman–Crippen MR) is 114 cm³/mol. The molecule has 3 aromatic rings. The molecule has 0 radical (unpaired) electrons. The van der Waals surface area contributed by atoms with E-state index in [0.29, 0.717) is 30.5 Å². The third kappa shape index (κ3) is 3.46. The molecule has 1 aromatic carbocycles. The van der Waals surface area contributed by atoms with Crippen LogP contribution in [-0.2, 0) is 23.1 Å². The van der Waals surface area contributed by atoms with E-state index in [-0.39, 0.29) is 11.2 Å². The summed E-state index contributed by atoms with van der Waals surface area (Å²) in [6.45, 7) is 2.41. The van der Waals surface area contributed by atoms with E-state index in [1.807, 2.05) is 18.2 Å². The number of hydrogen-bond donors (Lipinski definition) is 1. The topological polar surface area (TPSA) is 113 Å². The van der Waals surface area contributed by atoms with Crippen molar-refractivity contribution in [2.75, 3.05) is 45.3 Å². The number of methoxy groups -OCH3 is 2. The second kappa shape index (κ2) is 8.26. The number of carbonyl (C=O) groups excluding carboxylic acids is 1. The minimum Gasteiger partial charge on any atom is -0.495 e. The molecule has 1 fully saturated rings. The molecule has 0 atom stereocenters. The normalized spacial score (nSPS) is 14.1. The van der Waals surface area contributed by atoms with Gasteiger partial charge in [0.25, 0.3) is 5.56 Å². The number of anilines is 1. The van der Waals surface area contributed by atoms with Gasteiger partial charge in [0.1, 0.15) is 12.3 Å². The standard InChI is InChI=1S/C20H24N6O5/c1-23-17-16(18(28)25(20(23)29)12-15(27)31-3)26(13-6-4-5-7-14(13)30-2)19(22-17)24-10-8-21-9-11-24/h4-7,21H,8-12H2,1-3H3. The monoisotopic (exact) mass is 428 g/mol. The fourth-order valence-electron chi connectivity index (χ4n) is 3.76. The van der Waals surface area contributed by atoms with Crippen molar-refractivity contribution in [1.82, 2.24) is 24.0 Å². The zero-order chi connectivity index (χ0) is 22.1. The Hall–Kier alpha value is -3.60. The molecule has 0 bridgehead atoms. The molecule has 11 nitrogen and oxygen atoms in total. The first-order valence-electron chi connectivity index (χ1n) is 9.86. The molecular weight excluding hydrogens is 404 g/mol. The number of carbonyl (C=O) groups is 1. The summed E-state index contributed by atoms with van der Waals surface area (Å²) in [6.07, 6.45) is 0. The summed E-state index contributed by atoms with van der Waals surface area (Å²) in [7, 11) is 4.28. The van der Waals surface area contributed by atoms with Crippen LogP contribution in [-0.4, -0.2) is 65.1 Å². The van der Waals surface area contributed by atoms with Gasteiger partial charge in [-0.05, 0) is 12.1 Å². The molecule has 4 rings (SSSR count). The van der Waals surface area contributed by atoms with Gasteiger partial charge >= 0.3 is 11.7 Å². The van der Waals surface area contributed by atoms with Gasteiger partial charge in [-0.3, -0.25) is 18.7 Å². The van der Waals surface area contributed by atoms with Crippen molar-refractivity contribution in [2.24, 2.45) is 7.05 Å². The Kier molecular flexibility index (Phi) is 5.51. The number of hydrogen-bond acceptors (Lipinski definition) is 8. The third-order valence-corrected chi connectivity index (χ3v) is 5.37. The van der Waals surface area contributed by atoms with Gasteiger partial charge < -0.3 is 19.7 Å². The van der Waals surface area contributed by atoms with Gasteiger partial charge in [0.15, 0.2) is 11.2 Å². The van der Waals surface area contributed by atoms with Gasteiger partial charge in [-0.15, -0.1) is 0 Å². The highest BCUT2D eigenvalue weighted by molar-refractivity contribution is 5.79. The number of imidazole rings is 1. The van der Waals surface area contributed by atoms with Crippen molar-refractivity contribution < 1.29 is 14.3 Å². The Labute approximate surface area is 177 Å². The number of nitrogens with zero attached hydrogens (tertiary/aromatic N) is 5. The highest BCUT2D eigenvalue weighted by Crippen LogP contribution is 2.30. The van der Waals surface area contributed by atoms with Crippen LogP contribution in [0.4, 0.5) is 5.95 Å². The molecule has 1 aliphatic rings.